The molecule has 0 aromatic rings. The van der Waals surface area contributed by atoms with E-state index in [9.17, 15) is 9.90 Å². The lowest BCUT2D eigenvalue weighted by molar-refractivity contribution is -0.137. The molecule has 0 amide bonds. The quantitative estimate of drug-likeness (QED) is 0.273. The number of carboxylic acid groups (broad SMARTS) is 1. The van der Waals surface area contributed by atoms with Crippen LogP contribution in [0.2, 0.25) is 0 Å². The molecule has 0 aromatic carbocycles. The summed E-state index contributed by atoms with van der Waals surface area (Å²) in [5.74, 6) is -0.692. The van der Waals surface area contributed by atoms with Crippen LogP contribution < -0.4 is 5.32 Å². The molecule has 4 heteroatoms. The highest BCUT2D eigenvalue weighted by Crippen LogP contribution is 2.09. The van der Waals surface area contributed by atoms with E-state index in [2.05, 4.69) is 11.9 Å². The molecule has 0 fully saturated rings. The highest BCUT2D eigenvalue weighted by atomic mass is 16.4. The molecule has 112 valence electrons. The standard InChI is InChI=1S/C15H29NO3/c1-3-15(2,19)16-13-11-9-7-5-4-6-8-10-12-14(17)18/h3,16,19H,1,4-13H2,2H3,(H,17,18)/t15-/m0/s1. The monoisotopic (exact) mass is 271 g/mol. The number of rotatable bonds is 13. The Hall–Kier alpha value is -0.870. The van der Waals surface area contributed by atoms with E-state index in [0.29, 0.717) is 6.42 Å². The average molecular weight is 271 g/mol. The molecule has 0 radical (unpaired) electrons. The molecule has 0 saturated carbocycles. The van der Waals surface area contributed by atoms with E-state index in [1.54, 1.807) is 6.92 Å². The van der Waals surface area contributed by atoms with Gasteiger partial charge in [0.2, 0.25) is 0 Å². The highest BCUT2D eigenvalue weighted by molar-refractivity contribution is 5.66. The summed E-state index contributed by atoms with van der Waals surface area (Å²) in [5, 5.41) is 21.1. The number of unbranched alkanes of at least 4 members (excludes halogenated alkanes) is 7. The third-order valence-corrected chi connectivity index (χ3v) is 3.20. The van der Waals surface area contributed by atoms with Gasteiger partial charge in [0.25, 0.3) is 0 Å². The predicted octanol–water partition coefficient (Wildman–Crippen LogP) is 3.07. The third kappa shape index (κ3) is 13.4. The summed E-state index contributed by atoms with van der Waals surface area (Å²) in [5.41, 5.74) is -0.954. The van der Waals surface area contributed by atoms with Crippen molar-refractivity contribution in [3.05, 3.63) is 12.7 Å². The van der Waals surface area contributed by atoms with Crippen molar-refractivity contribution in [3.8, 4) is 0 Å². The fraction of sp³-hybridized carbons (Fsp3) is 0.800. The second-order valence-electron chi connectivity index (χ2n) is 5.25. The summed E-state index contributed by atoms with van der Waals surface area (Å²) in [6, 6.07) is 0. The predicted molar refractivity (Wildman–Crippen MR) is 78.0 cm³/mol. The molecule has 0 aromatic heterocycles. The Morgan fingerprint density at radius 3 is 2.05 bits per heavy atom. The summed E-state index contributed by atoms with van der Waals surface area (Å²) in [6.45, 7) is 6.05. The van der Waals surface area contributed by atoms with Crippen LogP contribution in [-0.2, 0) is 4.79 Å². The normalized spacial score (nSPS) is 14.0. The van der Waals surface area contributed by atoms with Crippen molar-refractivity contribution in [2.75, 3.05) is 6.54 Å². The molecule has 3 N–H and O–H groups in total. The lowest BCUT2D eigenvalue weighted by Gasteiger charge is -2.20. The van der Waals surface area contributed by atoms with Crippen molar-refractivity contribution in [1.29, 1.82) is 0 Å². The first-order chi connectivity index (χ1) is 8.98. The van der Waals surface area contributed by atoms with Gasteiger partial charge >= 0.3 is 5.97 Å². The molecular formula is C15H29NO3. The molecule has 0 spiro atoms. The largest absolute Gasteiger partial charge is 0.481 e. The van der Waals surface area contributed by atoms with Gasteiger partial charge in [-0.3, -0.25) is 10.1 Å². The van der Waals surface area contributed by atoms with Crippen LogP contribution in [0, 0.1) is 0 Å². The Balaban J connectivity index is 3.15. The Bertz CT molecular complexity index is 252. The topological polar surface area (TPSA) is 69.6 Å². The number of nitrogens with one attached hydrogen (secondary N) is 1. The van der Waals surface area contributed by atoms with Gasteiger partial charge in [0.15, 0.2) is 0 Å². The van der Waals surface area contributed by atoms with E-state index in [4.69, 9.17) is 5.11 Å². The Morgan fingerprint density at radius 2 is 1.58 bits per heavy atom. The van der Waals surface area contributed by atoms with Crippen LogP contribution in [0.15, 0.2) is 12.7 Å². The summed E-state index contributed by atoms with van der Waals surface area (Å²) in [7, 11) is 0. The van der Waals surface area contributed by atoms with Gasteiger partial charge in [0.1, 0.15) is 5.72 Å². The van der Waals surface area contributed by atoms with Crippen LogP contribution in [-0.4, -0.2) is 28.5 Å². The van der Waals surface area contributed by atoms with Crippen LogP contribution >= 0.6 is 0 Å². The lowest BCUT2D eigenvalue weighted by atomic mass is 10.1. The average Bonchev–Trinajstić information content (AvgIpc) is 2.35. The van der Waals surface area contributed by atoms with Crippen molar-refractivity contribution in [2.24, 2.45) is 0 Å². The van der Waals surface area contributed by atoms with Gasteiger partial charge in [0.05, 0.1) is 0 Å². The zero-order chi connectivity index (χ0) is 14.6. The number of hydrogen-bond donors (Lipinski definition) is 3. The van der Waals surface area contributed by atoms with Gasteiger partial charge in [-0.2, -0.15) is 0 Å². The first-order valence-corrected chi connectivity index (χ1v) is 7.31. The highest BCUT2D eigenvalue weighted by Gasteiger charge is 2.12. The van der Waals surface area contributed by atoms with Gasteiger partial charge in [0, 0.05) is 6.42 Å². The molecule has 1 atom stereocenters. The molecule has 0 unspecified atom stereocenters. The van der Waals surface area contributed by atoms with E-state index < -0.39 is 11.7 Å². The van der Waals surface area contributed by atoms with Crippen molar-refractivity contribution in [3.63, 3.8) is 0 Å². The second kappa shape index (κ2) is 11.0. The van der Waals surface area contributed by atoms with E-state index in [1.807, 2.05) is 0 Å². The molecular weight excluding hydrogens is 242 g/mol. The minimum atomic E-state index is -0.954. The fourth-order valence-electron chi connectivity index (χ4n) is 1.88. The van der Waals surface area contributed by atoms with Gasteiger partial charge in [-0.1, -0.05) is 45.1 Å². The zero-order valence-electron chi connectivity index (χ0n) is 12.2. The number of carbonyl (C=O) groups is 1. The molecule has 0 saturated heterocycles. The van der Waals surface area contributed by atoms with Gasteiger partial charge in [-0.05, 0) is 32.4 Å². The van der Waals surface area contributed by atoms with Gasteiger partial charge in [-0.15, -0.1) is 0 Å². The minimum Gasteiger partial charge on any atom is -0.481 e. The molecule has 4 nitrogen and oxygen atoms in total. The number of hydrogen-bond acceptors (Lipinski definition) is 3. The SMILES string of the molecule is C=C[C@](C)(O)NCCCCCCCCCCC(=O)O. The maximum absolute atomic E-state index is 10.3. The van der Waals surface area contributed by atoms with Crippen LogP contribution in [0.3, 0.4) is 0 Å². The fourth-order valence-corrected chi connectivity index (χ4v) is 1.88. The van der Waals surface area contributed by atoms with Gasteiger partial charge in [-0.25, -0.2) is 0 Å². The lowest BCUT2D eigenvalue weighted by Crippen LogP contribution is -2.40. The van der Waals surface area contributed by atoms with Crippen molar-refractivity contribution in [1.82, 2.24) is 5.32 Å². The second-order valence-corrected chi connectivity index (χ2v) is 5.25. The zero-order valence-corrected chi connectivity index (χ0v) is 12.2. The van der Waals surface area contributed by atoms with E-state index in [-0.39, 0.29) is 0 Å². The van der Waals surface area contributed by atoms with Crippen LogP contribution in [0.25, 0.3) is 0 Å². The first kappa shape index (κ1) is 18.1. The molecule has 0 heterocycles. The summed E-state index contributed by atoms with van der Waals surface area (Å²) >= 11 is 0. The summed E-state index contributed by atoms with van der Waals surface area (Å²) < 4.78 is 0. The summed E-state index contributed by atoms with van der Waals surface area (Å²) in [6.07, 6.45) is 10.6. The van der Waals surface area contributed by atoms with E-state index in [1.165, 1.54) is 25.3 Å². The number of aliphatic hydroxyl groups is 1. The van der Waals surface area contributed by atoms with Crippen LogP contribution in [0.4, 0.5) is 0 Å². The van der Waals surface area contributed by atoms with Crippen molar-refractivity contribution in [2.45, 2.75) is 70.4 Å². The number of carboxylic acids is 1. The Morgan fingerprint density at radius 1 is 1.11 bits per heavy atom. The minimum absolute atomic E-state index is 0.300. The van der Waals surface area contributed by atoms with E-state index >= 15 is 0 Å². The maximum Gasteiger partial charge on any atom is 0.303 e. The molecule has 0 bridgehead atoms. The van der Waals surface area contributed by atoms with Crippen LogP contribution in [0.1, 0.15) is 64.7 Å². The van der Waals surface area contributed by atoms with Gasteiger partial charge < -0.3 is 10.2 Å². The Kier molecular flexibility index (Phi) is 10.5. The Labute approximate surface area is 116 Å². The number of aliphatic carboxylic acids is 1. The smallest absolute Gasteiger partial charge is 0.303 e. The first-order valence-electron chi connectivity index (χ1n) is 7.31. The van der Waals surface area contributed by atoms with Crippen molar-refractivity contribution < 1.29 is 15.0 Å². The molecule has 0 rings (SSSR count). The molecule has 0 aliphatic rings. The molecule has 0 aliphatic heterocycles. The van der Waals surface area contributed by atoms with E-state index in [0.717, 1.165) is 38.6 Å². The molecule has 19 heavy (non-hydrogen) atoms. The van der Waals surface area contributed by atoms with Crippen LogP contribution in [0.5, 0.6) is 0 Å². The maximum atomic E-state index is 10.3. The third-order valence-electron chi connectivity index (χ3n) is 3.20. The summed E-state index contributed by atoms with van der Waals surface area (Å²) in [4.78, 5) is 10.3. The molecule has 0 aliphatic carbocycles. The van der Waals surface area contributed by atoms with Crippen molar-refractivity contribution >= 4 is 5.97 Å².